The first-order chi connectivity index (χ1) is 11.1. The van der Waals surface area contributed by atoms with Gasteiger partial charge in [-0.25, -0.2) is 4.79 Å². The number of carbonyl (C=O) groups excluding carboxylic acids is 2. The van der Waals surface area contributed by atoms with Crippen molar-refractivity contribution in [3.8, 4) is 0 Å². The Hall–Kier alpha value is -2.01. The zero-order chi connectivity index (χ0) is 18.1. The lowest BCUT2D eigenvalue weighted by Crippen LogP contribution is -2.43. The molecule has 1 saturated heterocycles. The largest absolute Gasteiger partial charge is 0.444 e. The van der Waals surface area contributed by atoms with Gasteiger partial charge in [-0.05, 0) is 63.8 Å². The van der Waals surface area contributed by atoms with E-state index in [0.717, 1.165) is 0 Å². The Bertz CT molecular complexity index is 587. The smallest absolute Gasteiger partial charge is 0.410 e. The maximum Gasteiger partial charge on any atom is 0.410 e. The minimum atomic E-state index is -1.02. The van der Waals surface area contributed by atoms with Crippen LogP contribution in [0.4, 0.5) is 4.79 Å². The molecule has 2 fully saturated rings. The lowest BCUT2D eigenvalue weighted by Gasteiger charge is -2.32. The fourth-order valence-electron chi connectivity index (χ4n) is 4.17. The first-order valence-electron chi connectivity index (χ1n) is 8.30. The van der Waals surface area contributed by atoms with E-state index in [2.05, 4.69) is 16.6 Å². The molecule has 0 bridgehead atoms. The van der Waals surface area contributed by atoms with E-state index in [1.54, 1.807) is 11.0 Å². The van der Waals surface area contributed by atoms with Gasteiger partial charge in [0.25, 0.3) is 0 Å². The molecule has 0 N–H and O–H groups in total. The third-order valence-electron chi connectivity index (χ3n) is 5.10. The molecule has 7 nitrogen and oxygen atoms in total. The number of nitrogens with zero attached hydrogens (tertiary/aromatic N) is 4. The maximum absolute atomic E-state index is 12.3. The molecule has 1 amide bonds. The molecule has 132 valence electrons. The molecule has 0 radical (unpaired) electrons. The number of Topliss-reactive ketones (excluding diaryl/α,β-unsaturated/α-hetero) is 1. The zero-order valence-electron chi connectivity index (χ0n) is 14.9. The maximum atomic E-state index is 12.3. The van der Waals surface area contributed by atoms with Gasteiger partial charge in [0.1, 0.15) is 16.9 Å². The molecule has 0 aromatic carbocycles. The number of hydrogen-bond acceptors (Lipinski definition) is 4. The van der Waals surface area contributed by atoms with E-state index in [9.17, 15) is 9.59 Å². The first kappa shape index (κ1) is 18.3. The number of ketones is 1. The Labute approximate surface area is 142 Å². The van der Waals surface area contributed by atoms with Crippen LogP contribution in [0.1, 0.15) is 40.5 Å². The van der Waals surface area contributed by atoms with Gasteiger partial charge in [-0.3, -0.25) is 4.79 Å². The van der Waals surface area contributed by atoms with Gasteiger partial charge < -0.3 is 9.64 Å². The summed E-state index contributed by atoms with van der Waals surface area (Å²) in [4.78, 5) is 29.2. The van der Waals surface area contributed by atoms with Gasteiger partial charge >= 0.3 is 6.09 Å². The number of fused-ring (bicyclic) bond motifs is 1. The lowest BCUT2D eigenvalue weighted by molar-refractivity contribution is -0.123. The Kier molecular flexibility index (Phi) is 4.95. The van der Waals surface area contributed by atoms with Crippen molar-refractivity contribution in [1.29, 1.82) is 0 Å². The van der Waals surface area contributed by atoms with Gasteiger partial charge in [0, 0.05) is 18.0 Å². The predicted molar refractivity (Wildman–Crippen MR) is 90.3 cm³/mol. The molecule has 0 spiro atoms. The van der Waals surface area contributed by atoms with Crippen LogP contribution in [-0.4, -0.2) is 41.0 Å². The summed E-state index contributed by atoms with van der Waals surface area (Å²) in [5.41, 5.74) is 7.40. The van der Waals surface area contributed by atoms with E-state index in [1.165, 1.54) is 6.92 Å². The van der Waals surface area contributed by atoms with Crippen LogP contribution in [0.25, 0.3) is 10.4 Å². The topological polar surface area (TPSA) is 95.4 Å². The van der Waals surface area contributed by atoms with E-state index in [0.29, 0.717) is 25.9 Å². The monoisotopic (exact) mass is 334 g/mol. The molecular weight excluding hydrogens is 308 g/mol. The highest BCUT2D eigenvalue weighted by atomic mass is 16.6. The minimum Gasteiger partial charge on any atom is -0.444 e. The van der Waals surface area contributed by atoms with Crippen LogP contribution in [0, 0.1) is 17.8 Å². The van der Waals surface area contributed by atoms with E-state index in [-0.39, 0.29) is 29.6 Å². The Morgan fingerprint density at radius 1 is 1.46 bits per heavy atom. The predicted octanol–water partition coefficient (Wildman–Crippen LogP) is 3.70. The molecule has 1 heterocycles. The van der Waals surface area contributed by atoms with Crippen molar-refractivity contribution in [2.45, 2.75) is 51.7 Å². The van der Waals surface area contributed by atoms with Gasteiger partial charge in [0.2, 0.25) is 0 Å². The molecular formula is C17H26N4O3. The van der Waals surface area contributed by atoms with E-state index in [1.807, 2.05) is 20.8 Å². The number of allylic oxidation sites excluding steroid dienone is 1. The Morgan fingerprint density at radius 2 is 2.12 bits per heavy atom. The van der Waals surface area contributed by atoms with Gasteiger partial charge in [0.15, 0.2) is 0 Å². The van der Waals surface area contributed by atoms with E-state index in [4.69, 9.17) is 10.3 Å². The molecule has 0 aromatic rings. The number of rotatable bonds is 4. The molecule has 1 saturated carbocycles. The normalized spacial score (nSPS) is 32.0. The highest BCUT2D eigenvalue weighted by Crippen LogP contribution is 2.52. The van der Waals surface area contributed by atoms with Gasteiger partial charge in [-0.15, -0.1) is 6.58 Å². The molecule has 2 aliphatic rings. The van der Waals surface area contributed by atoms with Gasteiger partial charge in [-0.1, -0.05) is 11.2 Å². The zero-order valence-corrected chi connectivity index (χ0v) is 14.9. The summed E-state index contributed by atoms with van der Waals surface area (Å²) >= 11 is 0. The number of hydrogen-bond donors (Lipinski definition) is 0. The molecule has 1 aliphatic carbocycles. The number of likely N-dealkylation sites (tertiary alicyclic amines) is 1. The van der Waals surface area contributed by atoms with Crippen molar-refractivity contribution in [3.63, 3.8) is 0 Å². The summed E-state index contributed by atoms with van der Waals surface area (Å²) in [6.07, 6.45) is 2.50. The van der Waals surface area contributed by atoms with Crippen LogP contribution < -0.4 is 0 Å². The number of azide groups is 1. The van der Waals surface area contributed by atoms with Crippen molar-refractivity contribution in [2.75, 3.05) is 13.1 Å². The molecule has 4 atom stereocenters. The van der Waals surface area contributed by atoms with Crippen LogP contribution in [0.5, 0.6) is 0 Å². The third kappa shape index (κ3) is 3.26. The molecule has 7 heteroatoms. The summed E-state index contributed by atoms with van der Waals surface area (Å²) in [6.45, 7) is 11.8. The summed E-state index contributed by atoms with van der Waals surface area (Å²) in [5.74, 6) is 0.0213. The molecule has 24 heavy (non-hydrogen) atoms. The number of amides is 1. The Morgan fingerprint density at radius 3 is 2.62 bits per heavy atom. The number of carbonyl (C=O) groups is 2. The van der Waals surface area contributed by atoms with Crippen molar-refractivity contribution in [3.05, 3.63) is 23.1 Å². The number of ether oxygens (including phenoxy) is 1. The standard InChI is InChI=1S/C17H26N4O3/c1-6-7-14-13-10-21(15(23)24-16(3,4)5)9-12(13)8-17(14,11(2)22)19-20-18/h6,12-14H,1,7-10H2,2-5H3/t12-,13+,14-,17+/m0/s1. The van der Waals surface area contributed by atoms with Gasteiger partial charge in [0.05, 0.1) is 0 Å². The summed E-state index contributed by atoms with van der Waals surface area (Å²) < 4.78 is 5.45. The second-order valence-electron chi connectivity index (χ2n) is 7.81. The van der Waals surface area contributed by atoms with Crippen molar-refractivity contribution < 1.29 is 14.3 Å². The Balaban J connectivity index is 2.22. The van der Waals surface area contributed by atoms with Crippen molar-refractivity contribution in [2.24, 2.45) is 22.9 Å². The summed E-state index contributed by atoms with van der Waals surface area (Å²) in [7, 11) is 0. The molecule has 1 aliphatic heterocycles. The third-order valence-corrected chi connectivity index (χ3v) is 5.10. The van der Waals surface area contributed by atoms with Crippen LogP contribution in [0.15, 0.2) is 17.8 Å². The second-order valence-corrected chi connectivity index (χ2v) is 7.81. The fourth-order valence-corrected chi connectivity index (χ4v) is 4.17. The van der Waals surface area contributed by atoms with E-state index < -0.39 is 11.1 Å². The van der Waals surface area contributed by atoms with Crippen LogP contribution in [-0.2, 0) is 9.53 Å². The average molecular weight is 334 g/mol. The average Bonchev–Trinajstić information content (AvgIpc) is 2.96. The van der Waals surface area contributed by atoms with Gasteiger partial charge in [-0.2, -0.15) is 0 Å². The van der Waals surface area contributed by atoms with Crippen LogP contribution in [0.2, 0.25) is 0 Å². The highest BCUT2D eigenvalue weighted by molar-refractivity contribution is 5.87. The quantitative estimate of drug-likeness (QED) is 0.339. The van der Waals surface area contributed by atoms with Crippen molar-refractivity contribution in [1.82, 2.24) is 4.90 Å². The fraction of sp³-hybridized carbons (Fsp3) is 0.765. The molecule has 0 unspecified atom stereocenters. The van der Waals surface area contributed by atoms with Crippen molar-refractivity contribution >= 4 is 11.9 Å². The summed E-state index contributed by atoms with van der Waals surface area (Å²) in [5, 5.41) is 3.92. The van der Waals surface area contributed by atoms with Crippen LogP contribution >= 0.6 is 0 Å². The molecule has 2 rings (SSSR count). The van der Waals surface area contributed by atoms with Crippen LogP contribution in [0.3, 0.4) is 0 Å². The first-order valence-corrected chi connectivity index (χ1v) is 8.30. The highest BCUT2D eigenvalue weighted by Gasteiger charge is 2.58. The second kappa shape index (κ2) is 6.48. The minimum absolute atomic E-state index is 0.106. The van der Waals surface area contributed by atoms with E-state index >= 15 is 0 Å². The molecule has 0 aromatic heterocycles. The lowest BCUT2D eigenvalue weighted by atomic mass is 9.78. The summed E-state index contributed by atoms with van der Waals surface area (Å²) in [6, 6.07) is 0. The SMILES string of the molecule is C=CC[C@H]1[C@@H]2CN(C(=O)OC(C)(C)C)C[C@@H]2C[C@@]1(N=[N+]=[N-])C(C)=O.